The Morgan fingerprint density at radius 1 is 1.04 bits per heavy atom. The first kappa shape index (κ1) is 17.1. The van der Waals surface area contributed by atoms with E-state index in [1.54, 1.807) is 29.3 Å². The van der Waals surface area contributed by atoms with Crippen molar-refractivity contribution in [1.29, 1.82) is 0 Å². The fraction of sp³-hybridized carbons (Fsp3) is 0.316. The van der Waals surface area contributed by atoms with Crippen LogP contribution in [0.15, 0.2) is 53.8 Å². The molecule has 1 aliphatic heterocycles. The van der Waals surface area contributed by atoms with Gasteiger partial charge in [0.25, 0.3) is 0 Å². The highest BCUT2D eigenvalue weighted by atomic mass is 16.2. The number of amides is 1. The number of rotatable bonds is 4. The molecule has 8 heteroatoms. The van der Waals surface area contributed by atoms with E-state index < -0.39 is 0 Å². The van der Waals surface area contributed by atoms with Crippen LogP contribution in [0.3, 0.4) is 0 Å². The lowest BCUT2D eigenvalue weighted by atomic mass is 10.2. The number of carbonyl (C=O) groups is 1. The highest BCUT2D eigenvalue weighted by Crippen LogP contribution is 2.13. The monoisotopic (exact) mass is 364 g/mol. The molecule has 0 aliphatic carbocycles. The lowest BCUT2D eigenvalue weighted by Gasteiger charge is -2.35. The smallest absolute Gasteiger partial charge is 0.224 e. The van der Waals surface area contributed by atoms with E-state index in [2.05, 4.69) is 20.0 Å². The van der Waals surface area contributed by atoms with Gasteiger partial charge < -0.3 is 9.80 Å². The van der Waals surface area contributed by atoms with Crippen molar-refractivity contribution in [1.82, 2.24) is 24.6 Å². The first-order valence-electron chi connectivity index (χ1n) is 8.96. The van der Waals surface area contributed by atoms with Crippen LogP contribution in [-0.2, 0) is 11.3 Å². The number of para-hydroxylation sites is 1. The van der Waals surface area contributed by atoms with Crippen molar-refractivity contribution in [2.75, 3.05) is 31.1 Å². The predicted octanol–water partition coefficient (Wildman–Crippen LogP) is 0.925. The maximum atomic E-state index is 12.6. The molecule has 2 aromatic heterocycles. The molecule has 0 spiro atoms. The summed E-state index contributed by atoms with van der Waals surface area (Å²) in [4.78, 5) is 36.9. The Morgan fingerprint density at radius 3 is 2.63 bits per heavy atom. The summed E-state index contributed by atoms with van der Waals surface area (Å²) >= 11 is 0. The molecule has 3 heterocycles. The van der Waals surface area contributed by atoms with Crippen LogP contribution in [0.4, 0.5) is 5.82 Å². The zero-order valence-corrected chi connectivity index (χ0v) is 14.9. The molecule has 8 nitrogen and oxygen atoms in total. The lowest BCUT2D eigenvalue weighted by Crippen LogP contribution is -2.49. The van der Waals surface area contributed by atoms with Gasteiger partial charge in [-0.2, -0.15) is 5.10 Å². The predicted molar refractivity (Wildman–Crippen MR) is 101 cm³/mol. The molecule has 4 rings (SSSR count). The summed E-state index contributed by atoms with van der Waals surface area (Å²) in [5.41, 5.74) is 0.651. The summed E-state index contributed by atoms with van der Waals surface area (Å²) in [6.07, 6.45) is 6.73. The van der Waals surface area contributed by atoms with Gasteiger partial charge in [0.15, 0.2) is 0 Å². The van der Waals surface area contributed by atoms with Gasteiger partial charge in [0.05, 0.1) is 24.5 Å². The Bertz CT molecular complexity index is 996. The molecule has 0 bridgehead atoms. The molecule has 1 fully saturated rings. The minimum atomic E-state index is -0.103. The number of nitrogens with zero attached hydrogens (tertiary/aromatic N) is 6. The fourth-order valence-corrected chi connectivity index (χ4v) is 3.34. The molecule has 0 radical (unpaired) electrons. The van der Waals surface area contributed by atoms with Gasteiger partial charge in [-0.1, -0.05) is 12.1 Å². The van der Waals surface area contributed by atoms with Crippen LogP contribution in [0.5, 0.6) is 0 Å². The number of piperazine rings is 1. The summed E-state index contributed by atoms with van der Waals surface area (Å²) in [7, 11) is 0. The van der Waals surface area contributed by atoms with E-state index in [1.165, 1.54) is 6.20 Å². The van der Waals surface area contributed by atoms with E-state index in [9.17, 15) is 9.59 Å². The van der Waals surface area contributed by atoms with Crippen LogP contribution in [0, 0.1) is 0 Å². The number of fused-ring (bicyclic) bond motifs is 1. The van der Waals surface area contributed by atoms with Crippen molar-refractivity contribution in [2.24, 2.45) is 0 Å². The van der Waals surface area contributed by atoms with Gasteiger partial charge in [-0.25, -0.2) is 4.98 Å². The first-order chi connectivity index (χ1) is 13.2. The highest BCUT2D eigenvalue weighted by molar-refractivity contribution is 5.79. The van der Waals surface area contributed by atoms with Crippen molar-refractivity contribution < 1.29 is 4.79 Å². The summed E-state index contributed by atoms with van der Waals surface area (Å²) in [6, 6.07) is 7.33. The molecule has 1 aromatic carbocycles. The maximum Gasteiger partial charge on any atom is 0.224 e. The second-order valence-corrected chi connectivity index (χ2v) is 6.43. The van der Waals surface area contributed by atoms with Crippen molar-refractivity contribution in [3.63, 3.8) is 0 Å². The van der Waals surface area contributed by atoms with Crippen LogP contribution >= 0.6 is 0 Å². The SMILES string of the molecule is O=C(CCn1ncc(=O)c2ccccc21)N1CCN(c2cnccn2)CC1. The molecule has 0 N–H and O–H groups in total. The molecule has 3 aromatic rings. The number of aromatic nitrogens is 4. The third kappa shape index (κ3) is 3.64. The van der Waals surface area contributed by atoms with Crippen LogP contribution < -0.4 is 10.3 Å². The number of hydrogen-bond acceptors (Lipinski definition) is 6. The molecule has 0 unspecified atom stereocenters. The van der Waals surface area contributed by atoms with Crippen LogP contribution in [0.25, 0.3) is 10.9 Å². The van der Waals surface area contributed by atoms with Crippen molar-refractivity contribution in [3.8, 4) is 0 Å². The Hall–Kier alpha value is -3.29. The van der Waals surface area contributed by atoms with Crippen LogP contribution in [0.2, 0.25) is 0 Å². The highest BCUT2D eigenvalue weighted by Gasteiger charge is 2.21. The third-order valence-corrected chi connectivity index (χ3v) is 4.81. The Kier molecular flexibility index (Phi) is 4.78. The van der Waals surface area contributed by atoms with Gasteiger partial charge >= 0.3 is 0 Å². The second kappa shape index (κ2) is 7.53. The maximum absolute atomic E-state index is 12.6. The van der Waals surface area contributed by atoms with Crippen LogP contribution in [0.1, 0.15) is 6.42 Å². The average molecular weight is 364 g/mol. The van der Waals surface area contributed by atoms with E-state index in [4.69, 9.17) is 0 Å². The van der Waals surface area contributed by atoms with Gasteiger partial charge in [0, 0.05) is 50.4 Å². The molecule has 1 saturated heterocycles. The van der Waals surface area contributed by atoms with Gasteiger partial charge in [-0.05, 0) is 12.1 Å². The van der Waals surface area contributed by atoms with E-state index in [0.29, 0.717) is 31.4 Å². The standard InChI is InChI=1S/C19H20N6O2/c26-17-13-22-25(16-4-2-1-3-15(16)17)8-5-19(27)24-11-9-23(10-12-24)18-14-20-6-7-21-18/h1-4,6-7,13-14H,5,8-12H2. The van der Waals surface area contributed by atoms with Gasteiger partial charge in [0.2, 0.25) is 11.3 Å². The number of hydrogen-bond donors (Lipinski definition) is 0. The van der Waals surface area contributed by atoms with E-state index >= 15 is 0 Å². The normalized spacial score (nSPS) is 14.5. The molecule has 0 saturated carbocycles. The Morgan fingerprint density at radius 2 is 1.85 bits per heavy atom. The van der Waals surface area contributed by atoms with Gasteiger partial charge in [-0.3, -0.25) is 19.3 Å². The zero-order valence-electron chi connectivity index (χ0n) is 14.9. The second-order valence-electron chi connectivity index (χ2n) is 6.43. The quantitative estimate of drug-likeness (QED) is 0.685. The molecule has 27 heavy (non-hydrogen) atoms. The van der Waals surface area contributed by atoms with Crippen LogP contribution in [-0.4, -0.2) is 56.7 Å². The number of anilines is 1. The fourth-order valence-electron chi connectivity index (χ4n) is 3.34. The lowest BCUT2D eigenvalue weighted by molar-refractivity contribution is -0.131. The molecule has 1 amide bonds. The summed E-state index contributed by atoms with van der Waals surface area (Å²) < 4.78 is 1.73. The molecule has 0 atom stereocenters. The number of carbonyl (C=O) groups excluding carboxylic acids is 1. The minimum Gasteiger partial charge on any atom is -0.352 e. The van der Waals surface area contributed by atoms with Crippen molar-refractivity contribution in [2.45, 2.75) is 13.0 Å². The van der Waals surface area contributed by atoms with Gasteiger partial charge in [-0.15, -0.1) is 0 Å². The van der Waals surface area contributed by atoms with E-state index in [-0.39, 0.29) is 11.3 Å². The number of aryl methyl sites for hydroxylation is 1. The molecular weight excluding hydrogens is 344 g/mol. The Balaban J connectivity index is 1.37. The van der Waals surface area contributed by atoms with E-state index in [1.807, 2.05) is 23.1 Å². The largest absolute Gasteiger partial charge is 0.352 e. The number of benzene rings is 1. The Labute approximate surface area is 156 Å². The summed E-state index contributed by atoms with van der Waals surface area (Å²) in [5, 5.41) is 4.81. The van der Waals surface area contributed by atoms with Gasteiger partial charge in [0.1, 0.15) is 5.82 Å². The summed E-state index contributed by atoms with van der Waals surface area (Å²) in [6.45, 7) is 3.25. The minimum absolute atomic E-state index is 0.0957. The van der Waals surface area contributed by atoms with Crippen molar-refractivity contribution in [3.05, 3.63) is 59.3 Å². The first-order valence-corrected chi connectivity index (χ1v) is 8.96. The molecule has 138 valence electrons. The topological polar surface area (TPSA) is 84.2 Å². The average Bonchev–Trinajstić information content (AvgIpc) is 2.74. The van der Waals surface area contributed by atoms with E-state index in [0.717, 1.165) is 24.4 Å². The van der Waals surface area contributed by atoms with Crippen molar-refractivity contribution >= 4 is 22.6 Å². The zero-order chi connectivity index (χ0) is 18.6. The molecular formula is C19H20N6O2. The third-order valence-electron chi connectivity index (χ3n) is 4.81. The molecule has 1 aliphatic rings. The summed E-state index contributed by atoms with van der Waals surface area (Å²) in [5.74, 6) is 0.937.